The largest absolute Gasteiger partial charge is 0.481 e. The maximum Gasteiger partial charge on any atom is 0.215 e. The fourth-order valence-corrected chi connectivity index (χ4v) is 1.29. The molecule has 0 amide bonds. The van der Waals surface area contributed by atoms with E-state index in [4.69, 9.17) is 10.5 Å². The van der Waals surface area contributed by atoms with E-state index in [-0.39, 0.29) is 0 Å². The van der Waals surface area contributed by atoms with Gasteiger partial charge in [0.2, 0.25) is 5.88 Å². The van der Waals surface area contributed by atoms with Crippen molar-refractivity contribution in [3.63, 3.8) is 0 Å². The molecule has 0 aliphatic heterocycles. The molecule has 0 aliphatic carbocycles. The summed E-state index contributed by atoms with van der Waals surface area (Å²) in [6, 6.07) is 3.66. The number of H-pyrrole nitrogens is 1. The van der Waals surface area contributed by atoms with Gasteiger partial charge in [0, 0.05) is 6.07 Å². The molecule has 0 aliphatic rings. The van der Waals surface area contributed by atoms with Crippen LogP contribution in [-0.4, -0.2) is 22.1 Å². The second-order valence-electron chi connectivity index (χ2n) is 4.03. The summed E-state index contributed by atoms with van der Waals surface area (Å²) in [4.78, 5) is 11.7. The lowest BCUT2D eigenvalue weighted by molar-refractivity contribution is 0.399. The van der Waals surface area contributed by atoms with Crippen LogP contribution in [0, 0.1) is 0 Å². The summed E-state index contributed by atoms with van der Waals surface area (Å²) >= 11 is 0. The van der Waals surface area contributed by atoms with Gasteiger partial charge >= 0.3 is 0 Å². The van der Waals surface area contributed by atoms with Crippen LogP contribution in [0.5, 0.6) is 5.88 Å². The molecular weight excluding hydrogens is 192 g/mol. The number of hydrogen-bond donors (Lipinski definition) is 2. The zero-order valence-corrected chi connectivity index (χ0v) is 9.03. The number of pyridine rings is 1. The molecule has 0 radical (unpaired) electrons. The van der Waals surface area contributed by atoms with E-state index < -0.39 is 5.54 Å². The molecule has 80 valence electrons. The van der Waals surface area contributed by atoms with Gasteiger partial charge < -0.3 is 15.5 Å². The first-order valence-corrected chi connectivity index (χ1v) is 4.71. The van der Waals surface area contributed by atoms with E-state index in [1.165, 1.54) is 0 Å². The molecule has 2 rings (SSSR count). The molecule has 5 nitrogen and oxygen atoms in total. The van der Waals surface area contributed by atoms with E-state index in [2.05, 4.69) is 15.0 Å². The lowest BCUT2D eigenvalue weighted by Gasteiger charge is -2.13. The van der Waals surface area contributed by atoms with Crippen LogP contribution in [0.3, 0.4) is 0 Å². The van der Waals surface area contributed by atoms with Crippen LogP contribution < -0.4 is 10.5 Å². The molecule has 0 saturated heterocycles. The Hall–Kier alpha value is -1.62. The van der Waals surface area contributed by atoms with Crippen molar-refractivity contribution in [1.82, 2.24) is 15.0 Å². The van der Waals surface area contributed by atoms with Gasteiger partial charge in [0.25, 0.3) is 0 Å². The molecule has 2 aromatic rings. The van der Waals surface area contributed by atoms with E-state index in [0.29, 0.717) is 11.5 Å². The third-order valence-corrected chi connectivity index (χ3v) is 2.14. The molecule has 0 unspecified atom stereocenters. The van der Waals surface area contributed by atoms with E-state index in [1.807, 2.05) is 19.9 Å². The van der Waals surface area contributed by atoms with E-state index >= 15 is 0 Å². The fourth-order valence-electron chi connectivity index (χ4n) is 1.29. The average molecular weight is 206 g/mol. The average Bonchev–Trinajstić information content (AvgIpc) is 2.59. The van der Waals surface area contributed by atoms with E-state index in [0.717, 1.165) is 11.3 Å². The third kappa shape index (κ3) is 1.78. The highest BCUT2D eigenvalue weighted by atomic mass is 16.5. The Morgan fingerprint density at radius 1 is 1.33 bits per heavy atom. The summed E-state index contributed by atoms with van der Waals surface area (Å²) in [5, 5.41) is 0. The van der Waals surface area contributed by atoms with Gasteiger partial charge in [-0.2, -0.15) is 4.98 Å². The topological polar surface area (TPSA) is 76.8 Å². The highest BCUT2D eigenvalue weighted by Gasteiger charge is 2.19. The summed E-state index contributed by atoms with van der Waals surface area (Å²) in [6.45, 7) is 3.78. The Bertz CT molecular complexity index is 484. The number of nitrogens with two attached hydrogens (primary N) is 1. The highest BCUT2D eigenvalue weighted by Crippen LogP contribution is 2.19. The van der Waals surface area contributed by atoms with Crippen molar-refractivity contribution in [3.05, 3.63) is 18.0 Å². The first-order chi connectivity index (χ1) is 7.00. The van der Waals surface area contributed by atoms with Gasteiger partial charge in [0.15, 0.2) is 5.65 Å². The standard InChI is InChI=1S/C10H14N4O/c1-10(2,11)9-12-6-4-5-7(15-3)13-8(6)14-9/h4-5H,11H2,1-3H3,(H,12,13,14). The molecular formula is C10H14N4O. The Kier molecular flexibility index (Phi) is 2.12. The zero-order valence-electron chi connectivity index (χ0n) is 9.03. The van der Waals surface area contributed by atoms with Crippen LogP contribution in [0.4, 0.5) is 0 Å². The van der Waals surface area contributed by atoms with Crippen LogP contribution in [0.15, 0.2) is 12.1 Å². The number of ether oxygens (including phenoxy) is 1. The normalized spacial score (nSPS) is 12.0. The molecule has 0 fully saturated rings. The maximum absolute atomic E-state index is 5.94. The Balaban J connectivity index is 2.56. The summed E-state index contributed by atoms with van der Waals surface area (Å²) in [5.74, 6) is 1.27. The van der Waals surface area contributed by atoms with Crippen LogP contribution >= 0.6 is 0 Å². The second kappa shape index (κ2) is 3.20. The Morgan fingerprint density at radius 3 is 2.67 bits per heavy atom. The van der Waals surface area contributed by atoms with Crippen LogP contribution in [-0.2, 0) is 5.54 Å². The number of rotatable bonds is 2. The van der Waals surface area contributed by atoms with Crippen LogP contribution in [0.25, 0.3) is 11.2 Å². The highest BCUT2D eigenvalue weighted by molar-refractivity contribution is 5.71. The quantitative estimate of drug-likeness (QED) is 0.773. The van der Waals surface area contributed by atoms with Gasteiger partial charge in [-0.3, -0.25) is 0 Å². The smallest absolute Gasteiger partial charge is 0.215 e. The SMILES string of the molecule is COc1ccc2[nH]c(C(C)(C)N)nc2n1. The van der Waals surface area contributed by atoms with Gasteiger partial charge in [-0.1, -0.05) is 0 Å². The van der Waals surface area contributed by atoms with E-state index in [1.54, 1.807) is 13.2 Å². The van der Waals surface area contributed by atoms with Crippen molar-refractivity contribution in [2.75, 3.05) is 7.11 Å². The number of aromatic nitrogens is 3. The van der Waals surface area contributed by atoms with Gasteiger partial charge in [0.05, 0.1) is 18.2 Å². The number of aromatic amines is 1. The summed E-state index contributed by atoms with van der Waals surface area (Å²) in [5.41, 5.74) is 6.94. The van der Waals surface area contributed by atoms with Gasteiger partial charge in [0.1, 0.15) is 5.82 Å². The number of nitrogens with zero attached hydrogens (tertiary/aromatic N) is 2. The maximum atomic E-state index is 5.94. The lowest BCUT2D eigenvalue weighted by Crippen LogP contribution is -2.30. The van der Waals surface area contributed by atoms with Crippen molar-refractivity contribution >= 4 is 11.2 Å². The minimum Gasteiger partial charge on any atom is -0.481 e. The minimum absolute atomic E-state index is 0.492. The zero-order chi connectivity index (χ0) is 11.1. The lowest BCUT2D eigenvalue weighted by atomic mass is 10.1. The molecule has 0 aromatic carbocycles. The molecule has 5 heteroatoms. The number of imidazole rings is 1. The first-order valence-electron chi connectivity index (χ1n) is 4.71. The number of hydrogen-bond acceptors (Lipinski definition) is 4. The van der Waals surface area contributed by atoms with Crippen molar-refractivity contribution in [2.45, 2.75) is 19.4 Å². The van der Waals surface area contributed by atoms with Crippen molar-refractivity contribution in [2.24, 2.45) is 5.73 Å². The van der Waals surface area contributed by atoms with Gasteiger partial charge in [-0.15, -0.1) is 0 Å². The van der Waals surface area contributed by atoms with Crippen molar-refractivity contribution in [3.8, 4) is 5.88 Å². The summed E-state index contributed by atoms with van der Waals surface area (Å²) < 4.78 is 5.02. The fraction of sp³-hybridized carbons (Fsp3) is 0.400. The van der Waals surface area contributed by atoms with Gasteiger partial charge in [-0.25, -0.2) is 4.98 Å². The Labute approximate surface area is 87.7 Å². The molecule has 0 spiro atoms. The summed E-state index contributed by atoms with van der Waals surface area (Å²) in [7, 11) is 1.58. The van der Waals surface area contributed by atoms with Gasteiger partial charge in [-0.05, 0) is 19.9 Å². The molecule has 2 aromatic heterocycles. The van der Waals surface area contributed by atoms with Crippen molar-refractivity contribution < 1.29 is 4.74 Å². The molecule has 0 saturated carbocycles. The molecule has 2 heterocycles. The predicted molar refractivity (Wildman–Crippen MR) is 57.7 cm³/mol. The molecule has 0 bridgehead atoms. The monoisotopic (exact) mass is 206 g/mol. The number of fused-ring (bicyclic) bond motifs is 1. The summed E-state index contributed by atoms with van der Waals surface area (Å²) in [6.07, 6.45) is 0. The number of methoxy groups -OCH3 is 1. The third-order valence-electron chi connectivity index (χ3n) is 2.14. The molecule has 3 N–H and O–H groups in total. The molecule has 0 atom stereocenters. The first kappa shape index (κ1) is 9.92. The number of nitrogens with one attached hydrogen (secondary N) is 1. The second-order valence-corrected chi connectivity index (χ2v) is 4.03. The minimum atomic E-state index is -0.492. The van der Waals surface area contributed by atoms with Crippen molar-refractivity contribution in [1.29, 1.82) is 0 Å². The van der Waals surface area contributed by atoms with Crippen LogP contribution in [0.1, 0.15) is 19.7 Å². The van der Waals surface area contributed by atoms with E-state index in [9.17, 15) is 0 Å². The predicted octanol–water partition coefficient (Wildman–Crippen LogP) is 1.16. The van der Waals surface area contributed by atoms with Crippen LogP contribution in [0.2, 0.25) is 0 Å². The Morgan fingerprint density at radius 2 is 2.07 bits per heavy atom. The molecule has 15 heavy (non-hydrogen) atoms.